The fourth-order valence-corrected chi connectivity index (χ4v) is 2.53. The number of amidine groups is 1. The highest BCUT2D eigenvalue weighted by Crippen LogP contribution is 2.00. The number of hydrogen-bond donors (Lipinski definition) is 3. The fraction of sp³-hybridized carbons (Fsp3) is 0.875. The molecule has 5 nitrogen and oxygen atoms in total. The van der Waals surface area contributed by atoms with E-state index in [4.69, 9.17) is 11.1 Å². The molecule has 6 heteroatoms. The van der Waals surface area contributed by atoms with Crippen LogP contribution in [0.4, 0.5) is 0 Å². The van der Waals surface area contributed by atoms with Crippen LogP contribution < -0.4 is 10.5 Å². The standard InChI is InChI=1S/C8H19N3O2S/c1-3-5-14(12,13)11-7(4-2)6-8(9)10/h7,11H,3-6H2,1-2H3,(H3,9,10). The number of rotatable bonds is 7. The lowest BCUT2D eigenvalue weighted by Gasteiger charge is -2.15. The van der Waals surface area contributed by atoms with Gasteiger partial charge in [-0.3, -0.25) is 5.41 Å². The van der Waals surface area contributed by atoms with Crippen molar-refractivity contribution >= 4 is 15.9 Å². The van der Waals surface area contributed by atoms with Gasteiger partial charge in [0.05, 0.1) is 11.6 Å². The Morgan fingerprint density at radius 3 is 2.43 bits per heavy atom. The number of sulfonamides is 1. The van der Waals surface area contributed by atoms with Gasteiger partial charge in [-0.1, -0.05) is 13.8 Å². The quantitative estimate of drug-likeness (QED) is 0.429. The van der Waals surface area contributed by atoms with Crippen LogP contribution in [0.5, 0.6) is 0 Å². The maximum Gasteiger partial charge on any atom is 0.211 e. The van der Waals surface area contributed by atoms with Gasteiger partial charge in [0.2, 0.25) is 10.0 Å². The molecule has 0 aromatic carbocycles. The van der Waals surface area contributed by atoms with Crippen LogP contribution in [0.25, 0.3) is 0 Å². The van der Waals surface area contributed by atoms with Crippen molar-refractivity contribution in [1.29, 1.82) is 5.41 Å². The zero-order valence-corrected chi connectivity index (χ0v) is 9.52. The molecule has 0 saturated carbocycles. The van der Waals surface area contributed by atoms with Crippen LogP contribution in [0.2, 0.25) is 0 Å². The molecule has 84 valence electrons. The fourth-order valence-electron chi connectivity index (χ4n) is 1.12. The highest BCUT2D eigenvalue weighted by molar-refractivity contribution is 7.89. The van der Waals surface area contributed by atoms with Gasteiger partial charge < -0.3 is 5.73 Å². The SMILES string of the molecule is CCCS(=O)(=O)NC(CC)CC(=N)N. The minimum atomic E-state index is -3.19. The second kappa shape index (κ2) is 5.98. The Labute approximate surface area is 85.6 Å². The summed E-state index contributed by atoms with van der Waals surface area (Å²) in [5.41, 5.74) is 5.21. The van der Waals surface area contributed by atoms with Crippen LogP contribution in [-0.4, -0.2) is 26.0 Å². The maximum atomic E-state index is 11.4. The predicted octanol–water partition coefficient (Wildman–Crippen LogP) is 0.420. The van der Waals surface area contributed by atoms with Gasteiger partial charge in [0.25, 0.3) is 0 Å². The Hall–Kier alpha value is -0.620. The molecule has 0 heterocycles. The van der Waals surface area contributed by atoms with Crippen molar-refractivity contribution in [3.8, 4) is 0 Å². The summed E-state index contributed by atoms with van der Waals surface area (Å²) in [6, 6.07) is -0.246. The number of nitrogens with two attached hydrogens (primary N) is 1. The first-order chi connectivity index (χ1) is 6.41. The second-order valence-corrected chi connectivity index (χ2v) is 5.14. The lowest BCUT2D eigenvalue weighted by molar-refractivity contribution is 0.544. The molecule has 1 unspecified atom stereocenters. The van der Waals surface area contributed by atoms with E-state index >= 15 is 0 Å². The van der Waals surface area contributed by atoms with E-state index in [0.717, 1.165) is 0 Å². The first-order valence-corrected chi connectivity index (χ1v) is 6.39. The zero-order valence-electron chi connectivity index (χ0n) is 8.71. The lowest BCUT2D eigenvalue weighted by atomic mass is 10.1. The molecular weight excluding hydrogens is 202 g/mol. The molecule has 0 aromatic heterocycles. The summed E-state index contributed by atoms with van der Waals surface area (Å²) < 4.78 is 25.2. The van der Waals surface area contributed by atoms with Gasteiger partial charge in [-0.2, -0.15) is 0 Å². The molecule has 0 saturated heterocycles. The summed E-state index contributed by atoms with van der Waals surface area (Å²) in [7, 11) is -3.19. The normalized spacial score (nSPS) is 13.9. The molecular formula is C8H19N3O2S. The molecule has 0 aliphatic carbocycles. The van der Waals surface area contributed by atoms with Gasteiger partial charge in [-0.15, -0.1) is 0 Å². The van der Waals surface area contributed by atoms with Crippen LogP contribution in [-0.2, 0) is 10.0 Å². The topological polar surface area (TPSA) is 96.0 Å². The van der Waals surface area contributed by atoms with E-state index < -0.39 is 10.0 Å². The number of nitrogens with one attached hydrogen (secondary N) is 2. The van der Waals surface area contributed by atoms with Gasteiger partial charge in [0.15, 0.2) is 0 Å². The Balaban J connectivity index is 4.24. The molecule has 0 spiro atoms. The van der Waals surface area contributed by atoms with Gasteiger partial charge in [-0.25, -0.2) is 13.1 Å². The summed E-state index contributed by atoms with van der Waals surface area (Å²) in [6.07, 6.45) is 1.51. The summed E-state index contributed by atoms with van der Waals surface area (Å²) in [5.74, 6) is 0.137. The molecule has 14 heavy (non-hydrogen) atoms. The molecule has 0 bridgehead atoms. The van der Waals surface area contributed by atoms with E-state index in [2.05, 4.69) is 4.72 Å². The first-order valence-electron chi connectivity index (χ1n) is 4.74. The Morgan fingerprint density at radius 2 is 2.07 bits per heavy atom. The van der Waals surface area contributed by atoms with Crippen molar-refractivity contribution in [3.05, 3.63) is 0 Å². The molecule has 4 N–H and O–H groups in total. The Bertz CT molecular complexity index is 274. The third-order valence-corrected chi connectivity index (χ3v) is 3.42. The summed E-state index contributed by atoms with van der Waals surface area (Å²) in [4.78, 5) is 0. The van der Waals surface area contributed by atoms with Gasteiger partial charge in [0.1, 0.15) is 0 Å². The third-order valence-electron chi connectivity index (χ3n) is 1.78. The summed E-state index contributed by atoms with van der Waals surface area (Å²) in [5, 5.41) is 7.08. The zero-order chi connectivity index (χ0) is 11.2. The molecule has 0 aliphatic heterocycles. The molecule has 0 fully saturated rings. The van der Waals surface area contributed by atoms with Crippen LogP contribution in [0, 0.1) is 5.41 Å². The summed E-state index contributed by atoms with van der Waals surface area (Å²) in [6.45, 7) is 3.67. The molecule has 0 aromatic rings. The average Bonchev–Trinajstić information content (AvgIpc) is 2.01. The molecule has 0 rings (SSSR count). The minimum Gasteiger partial charge on any atom is -0.388 e. The molecule has 0 aliphatic rings. The van der Waals surface area contributed by atoms with Crippen LogP contribution in [0.3, 0.4) is 0 Å². The first kappa shape index (κ1) is 13.4. The van der Waals surface area contributed by atoms with E-state index in [-0.39, 0.29) is 24.1 Å². The van der Waals surface area contributed by atoms with E-state index in [1.807, 2.05) is 13.8 Å². The largest absolute Gasteiger partial charge is 0.388 e. The van der Waals surface area contributed by atoms with E-state index in [1.165, 1.54) is 0 Å². The van der Waals surface area contributed by atoms with Gasteiger partial charge in [-0.05, 0) is 12.8 Å². The van der Waals surface area contributed by atoms with Crippen LogP contribution in [0.1, 0.15) is 33.1 Å². The highest BCUT2D eigenvalue weighted by Gasteiger charge is 2.15. The lowest BCUT2D eigenvalue weighted by Crippen LogP contribution is -2.38. The molecule has 1 atom stereocenters. The van der Waals surface area contributed by atoms with Crippen molar-refractivity contribution in [2.75, 3.05) is 5.75 Å². The van der Waals surface area contributed by atoms with E-state index in [9.17, 15) is 8.42 Å². The summed E-state index contributed by atoms with van der Waals surface area (Å²) >= 11 is 0. The van der Waals surface area contributed by atoms with Crippen molar-refractivity contribution in [2.24, 2.45) is 5.73 Å². The minimum absolute atomic E-state index is 0.0102. The van der Waals surface area contributed by atoms with E-state index in [1.54, 1.807) is 0 Å². The molecule has 0 radical (unpaired) electrons. The Morgan fingerprint density at radius 1 is 1.50 bits per heavy atom. The van der Waals surface area contributed by atoms with Gasteiger partial charge in [0, 0.05) is 12.5 Å². The predicted molar refractivity (Wildman–Crippen MR) is 57.8 cm³/mol. The third kappa shape index (κ3) is 5.93. The van der Waals surface area contributed by atoms with Crippen molar-refractivity contribution in [3.63, 3.8) is 0 Å². The van der Waals surface area contributed by atoms with Crippen LogP contribution >= 0.6 is 0 Å². The maximum absolute atomic E-state index is 11.4. The number of hydrogen-bond acceptors (Lipinski definition) is 3. The second-order valence-electron chi connectivity index (χ2n) is 3.27. The van der Waals surface area contributed by atoms with Crippen molar-refractivity contribution < 1.29 is 8.42 Å². The molecule has 0 amide bonds. The Kier molecular flexibility index (Phi) is 5.71. The van der Waals surface area contributed by atoms with Crippen molar-refractivity contribution in [1.82, 2.24) is 4.72 Å². The van der Waals surface area contributed by atoms with Crippen LogP contribution in [0.15, 0.2) is 0 Å². The van der Waals surface area contributed by atoms with Crippen molar-refractivity contribution in [2.45, 2.75) is 39.2 Å². The average molecular weight is 221 g/mol. The highest BCUT2D eigenvalue weighted by atomic mass is 32.2. The smallest absolute Gasteiger partial charge is 0.211 e. The monoisotopic (exact) mass is 221 g/mol. The van der Waals surface area contributed by atoms with E-state index in [0.29, 0.717) is 12.8 Å². The van der Waals surface area contributed by atoms with Gasteiger partial charge >= 0.3 is 0 Å².